The molecule has 0 fully saturated rings. The van der Waals surface area contributed by atoms with Crippen LogP contribution < -0.4 is 5.32 Å². The molecular formula is C16H20BrNO. The Kier molecular flexibility index (Phi) is 4.83. The number of nitrogens with one attached hydrogen (secondary N) is 1. The molecule has 1 aromatic heterocycles. The summed E-state index contributed by atoms with van der Waals surface area (Å²) in [5.74, 6) is 2.02. The highest BCUT2D eigenvalue weighted by Gasteiger charge is 2.18. The molecule has 0 aliphatic rings. The van der Waals surface area contributed by atoms with E-state index in [2.05, 4.69) is 72.3 Å². The molecule has 3 heteroatoms. The molecule has 0 radical (unpaired) electrons. The Morgan fingerprint density at radius 3 is 2.63 bits per heavy atom. The summed E-state index contributed by atoms with van der Waals surface area (Å²) in [5.41, 5.74) is 2.52. The highest BCUT2D eigenvalue weighted by atomic mass is 79.9. The van der Waals surface area contributed by atoms with Crippen LogP contribution in [-0.2, 0) is 6.42 Å². The first-order chi connectivity index (χ1) is 9.15. The van der Waals surface area contributed by atoms with Crippen molar-refractivity contribution < 1.29 is 4.42 Å². The third-order valence-electron chi connectivity index (χ3n) is 3.28. The largest absolute Gasteiger partial charge is 0.464 e. The summed E-state index contributed by atoms with van der Waals surface area (Å²) in [6, 6.07) is 10.6. The van der Waals surface area contributed by atoms with E-state index >= 15 is 0 Å². The molecule has 1 aromatic carbocycles. The zero-order valence-electron chi connectivity index (χ0n) is 11.7. The standard InChI is InChI=1S/C16H20BrNO/c1-4-13-8-9-15(19-13)16(18-5-2)14-10-12(17)7-6-11(14)3/h6-10,16,18H,4-5H2,1-3H3. The average molecular weight is 322 g/mol. The van der Waals surface area contributed by atoms with E-state index in [-0.39, 0.29) is 6.04 Å². The molecule has 2 rings (SSSR count). The zero-order valence-corrected chi connectivity index (χ0v) is 13.3. The molecule has 0 bridgehead atoms. The summed E-state index contributed by atoms with van der Waals surface area (Å²) in [4.78, 5) is 0. The van der Waals surface area contributed by atoms with Crippen LogP contribution in [-0.4, -0.2) is 6.54 Å². The number of hydrogen-bond donors (Lipinski definition) is 1. The van der Waals surface area contributed by atoms with Crippen LogP contribution in [0.15, 0.2) is 39.2 Å². The van der Waals surface area contributed by atoms with Crippen molar-refractivity contribution in [2.75, 3.05) is 6.54 Å². The lowest BCUT2D eigenvalue weighted by Crippen LogP contribution is -2.22. The van der Waals surface area contributed by atoms with Gasteiger partial charge in [-0.1, -0.05) is 35.8 Å². The Morgan fingerprint density at radius 1 is 1.21 bits per heavy atom. The van der Waals surface area contributed by atoms with E-state index in [0.29, 0.717) is 0 Å². The Morgan fingerprint density at radius 2 is 2.00 bits per heavy atom. The van der Waals surface area contributed by atoms with Gasteiger partial charge in [0.05, 0.1) is 6.04 Å². The minimum Gasteiger partial charge on any atom is -0.464 e. The number of furan rings is 1. The maximum Gasteiger partial charge on any atom is 0.125 e. The van der Waals surface area contributed by atoms with Crippen LogP contribution in [0, 0.1) is 6.92 Å². The lowest BCUT2D eigenvalue weighted by molar-refractivity contribution is 0.425. The van der Waals surface area contributed by atoms with E-state index < -0.39 is 0 Å². The lowest BCUT2D eigenvalue weighted by Gasteiger charge is -2.18. The summed E-state index contributed by atoms with van der Waals surface area (Å²) in [6.07, 6.45) is 0.927. The summed E-state index contributed by atoms with van der Waals surface area (Å²) in [5, 5.41) is 3.51. The fraction of sp³-hybridized carbons (Fsp3) is 0.375. The number of aryl methyl sites for hydroxylation is 2. The maximum absolute atomic E-state index is 5.92. The summed E-state index contributed by atoms with van der Waals surface area (Å²) in [6.45, 7) is 7.26. The van der Waals surface area contributed by atoms with Crippen LogP contribution in [0.4, 0.5) is 0 Å². The van der Waals surface area contributed by atoms with Gasteiger partial charge in [-0.2, -0.15) is 0 Å². The predicted octanol–water partition coefficient (Wildman–Crippen LogP) is 4.61. The average Bonchev–Trinajstić information content (AvgIpc) is 2.88. The highest BCUT2D eigenvalue weighted by molar-refractivity contribution is 9.10. The van der Waals surface area contributed by atoms with Crippen molar-refractivity contribution >= 4 is 15.9 Å². The molecule has 1 heterocycles. The van der Waals surface area contributed by atoms with Gasteiger partial charge in [0.15, 0.2) is 0 Å². The molecule has 2 aromatic rings. The van der Waals surface area contributed by atoms with E-state index in [0.717, 1.165) is 29.0 Å². The molecule has 2 nitrogen and oxygen atoms in total. The lowest BCUT2D eigenvalue weighted by atomic mass is 9.99. The van der Waals surface area contributed by atoms with Crippen molar-refractivity contribution in [1.29, 1.82) is 0 Å². The molecule has 0 saturated carbocycles. The van der Waals surface area contributed by atoms with Crippen molar-refractivity contribution in [2.45, 2.75) is 33.2 Å². The number of benzene rings is 1. The van der Waals surface area contributed by atoms with Gasteiger partial charge >= 0.3 is 0 Å². The van der Waals surface area contributed by atoms with Crippen molar-refractivity contribution in [2.24, 2.45) is 0 Å². The normalized spacial score (nSPS) is 12.6. The first-order valence-corrected chi connectivity index (χ1v) is 7.53. The van der Waals surface area contributed by atoms with Crippen molar-refractivity contribution in [1.82, 2.24) is 5.32 Å². The zero-order chi connectivity index (χ0) is 13.8. The van der Waals surface area contributed by atoms with Crippen LogP contribution in [0.3, 0.4) is 0 Å². The Bertz CT molecular complexity index is 547. The molecule has 1 N–H and O–H groups in total. The third kappa shape index (κ3) is 3.28. The van der Waals surface area contributed by atoms with Gasteiger partial charge in [-0.15, -0.1) is 0 Å². The second-order valence-electron chi connectivity index (χ2n) is 4.65. The van der Waals surface area contributed by atoms with Crippen LogP contribution in [0.1, 0.15) is 42.5 Å². The smallest absolute Gasteiger partial charge is 0.125 e. The molecule has 1 unspecified atom stereocenters. The van der Waals surface area contributed by atoms with E-state index in [1.165, 1.54) is 11.1 Å². The van der Waals surface area contributed by atoms with Gasteiger partial charge in [0.2, 0.25) is 0 Å². The van der Waals surface area contributed by atoms with Crippen molar-refractivity contribution in [3.8, 4) is 0 Å². The number of hydrogen-bond acceptors (Lipinski definition) is 2. The van der Waals surface area contributed by atoms with Gasteiger partial charge in [-0.05, 0) is 48.9 Å². The quantitative estimate of drug-likeness (QED) is 0.869. The molecule has 0 spiro atoms. The number of rotatable bonds is 5. The van der Waals surface area contributed by atoms with E-state index in [1.54, 1.807) is 0 Å². The SMILES string of the molecule is CCNC(c1ccc(CC)o1)c1cc(Br)ccc1C. The summed E-state index contributed by atoms with van der Waals surface area (Å²) >= 11 is 3.55. The minimum absolute atomic E-state index is 0.114. The van der Waals surface area contributed by atoms with Gasteiger partial charge in [0.1, 0.15) is 11.5 Å². The Hall–Kier alpha value is -1.06. The van der Waals surface area contributed by atoms with Crippen molar-refractivity contribution in [3.63, 3.8) is 0 Å². The second-order valence-corrected chi connectivity index (χ2v) is 5.56. The maximum atomic E-state index is 5.92. The first-order valence-electron chi connectivity index (χ1n) is 6.73. The monoisotopic (exact) mass is 321 g/mol. The van der Waals surface area contributed by atoms with Crippen LogP contribution >= 0.6 is 15.9 Å². The van der Waals surface area contributed by atoms with Crippen LogP contribution in [0.5, 0.6) is 0 Å². The summed E-state index contributed by atoms with van der Waals surface area (Å²) < 4.78 is 7.01. The molecule has 0 amide bonds. The van der Waals surface area contributed by atoms with E-state index in [1.807, 2.05) is 0 Å². The second kappa shape index (κ2) is 6.40. The summed E-state index contributed by atoms with van der Waals surface area (Å²) in [7, 11) is 0. The van der Waals surface area contributed by atoms with Gasteiger partial charge in [0, 0.05) is 10.9 Å². The van der Waals surface area contributed by atoms with E-state index in [4.69, 9.17) is 4.42 Å². The fourth-order valence-corrected chi connectivity index (χ4v) is 2.61. The third-order valence-corrected chi connectivity index (χ3v) is 3.77. The molecular weight excluding hydrogens is 302 g/mol. The molecule has 102 valence electrons. The fourth-order valence-electron chi connectivity index (χ4n) is 2.23. The molecule has 1 atom stereocenters. The van der Waals surface area contributed by atoms with Crippen LogP contribution in [0.2, 0.25) is 0 Å². The minimum atomic E-state index is 0.114. The van der Waals surface area contributed by atoms with Crippen LogP contribution in [0.25, 0.3) is 0 Å². The Labute approximate surface area is 123 Å². The molecule has 0 aliphatic heterocycles. The molecule has 0 aliphatic carbocycles. The molecule has 0 saturated heterocycles. The molecule has 19 heavy (non-hydrogen) atoms. The van der Waals surface area contributed by atoms with Gasteiger partial charge in [-0.3, -0.25) is 0 Å². The first kappa shape index (κ1) is 14.4. The Balaban J connectivity index is 2.41. The number of halogens is 1. The van der Waals surface area contributed by atoms with Crippen molar-refractivity contribution in [3.05, 3.63) is 57.5 Å². The van der Waals surface area contributed by atoms with Gasteiger partial charge in [0.25, 0.3) is 0 Å². The topological polar surface area (TPSA) is 25.2 Å². The van der Waals surface area contributed by atoms with Gasteiger partial charge < -0.3 is 9.73 Å². The predicted molar refractivity (Wildman–Crippen MR) is 82.5 cm³/mol. The van der Waals surface area contributed by atoms with E-state index in [9.17, 15) is 0 Å². The highest BCUT2D eigenvalue weighted by Crippen LogP contribution is 2.28. The van der Waals surface area contributed by atoms with Gasteiger partial charge in [-0.25, -0.2) is 0 Å².